The van der Waals surface area contributed by atoms with Crippen LogP contribution in [0.15, 0.2) is 79.1 Å². The summed E-state index contributed by atoms with van der Waals surface area (Å²) >= 11 is 1.48. The van der Waals surface area contributed by atoms with E-state index in [-0.39, 0.29) is 12.3 Å². The minimum absolute atomic E-state index is 0.163. The van der Waals surface area contributed by atoms with E-state index >= 15 is 0 Å². The van der Waals surface area contributed by atoms with Gasteiger partial charge in [0.2, 0.25) is 0 Å². The molecule has 2 aromatic heterocycles. The molecule has 0 aliphatic carbocycles. The Hall–Kier alpha value is -3.64. The second-order valence-corrected chi connectivity index (χ2v) is 7.49. The van der Waals surface area contributed by atoms with Crippen molar-refractivity contribution in [3.63, 3.8) is 0 Å². The van der Waals surface area contributed by atoms with Gasteiger partial charge in [-0.05, 0) is 28.5 Å². The van der Waals surface area contributed by atoms with Gasteiger partial charge in [-0.2, -0.15) is 0 Å². The largest absolute Gasteiger partial charge is 0.456 e. The SMILES string of the molecule is O=C(OCc1cccc2ccccc12)c1nccnc1-c1nc2ccccc2s1. The predicted molar refractivity (Wildman–Crippen MR) is 114 cm³/mol. The van der Waals surface area contributed by atoms with Crippen LogP contribution in [0.1, 0.15) is 16.1 Å². The van der Waals surface area contributed by atoms with Gasteiger partial charge in [-0.25, -0.2) is 19.7 Å². The van der Waals surface area contributed by atoms with Crippen molar-refractivity contribution in [1.82, 2.24) is 15.0 Å². The maximum absolute atomic E-state index is 12.8. The van der Waals surface area contributed by atoms with Crippen LogP contribution in [0.2, 0.25) is 0 Å². The van der Waals surface area contributed by atoms with Crippen molar-refractivity contribution in [2.45, 2.75) is 6.61 Å². The molecule has 0 spiro atoms. The molecule has 5 nitrogen and oxygen atoms in total. The molecular weight excluding hydrogens is 382 g/mol. The van der Waals surface area contributed by atoms with Gasteiger partial charge in [-0.3, -0.25) is 0 Å². The molecule has 29 heavy (non-hydrogen) atoms. The van der Waals surface area contributed by atoms with Crippen LogP contribution in [0.4, 0.5) is 0 Å². The first-order valence-electron chi connectivity index (χ1n) is 9.10. The highest BCUT2D eigenvalue weighted by Crippen LogP contribution is 2.30. The average Bonchev–Trinajstić information content (AvgIpc) is 3.21. The van der Waals surface area contributed by atoms with E-state index in [1.807, 2.05) is 66.7 Å². The van der Waals surface area contributed by atoms with Crippen LogP contribution in [0.3, 0.4) is 0 Å². The lowest BCUT2D eigenvalue weighted by molar-refractivity contribution is 0.0468. The van der Waals surface area contributed by atoms with Gasteiger partial charge in [0.25, 0.3) is 0 Å². The number of aromatic nitrogens is 3. The van der Waals surface area contributed by atoms with Gasteiger partial charge < -0.3 is 4.74 Å². The number of benzene rings is 3. The summed E-state index contributed by atoms with van der Waals surface area (Å²) in [5.41, 5.74) is 2.43. The number of carbonyl (C=O) groups excluding carboxylic acids is 1. The summed E-state index contributed by atoms with van der Waals surface area (Å²) in [4.78, 5) is 26.0. The van der Waals surface area contributed by atoms with Crippen molar-refractivity contribution >= 4 is 38.3 Å². The van der Waals surface area contributed by atoms with Crippen LogP contribution in [-0.4, -0.2) is 20.9 Å². The van der Waals surface area contributed by atoms with E-state index in [2.05, 4.69) is 15.0 Å². The number of esters is 1. The molecule has 0 fully saturated rings. The fourth-order valence-electron chi connectivity index (χ4n) is 3.25. The van der Waals surface area contributed by atoms with Crippen molar-refractivity contribution in [3.05, 3.63) is 90.4 Å². The van der Waals surface area contributed by atoms with Crippen molar-refractivity contribution < 1.29 is 9.53 Å². The molecule has 0 bridgehead atoms. The van der Waals surface area contributed by atoms with E-state index in [4.69, 9.17) is 4.74 Å². The highest BCUT2D eigenvalue weighted by atomic mass is 32.1. The number of ether oxygens (including phenoxy) is 1. The third-order valence-corrected chi connectivity index (χ3v) is 5.67. The van der Waals surface area contributed by atoms with E-state index < -0.39 is 5.97 Å². The van der Waals surface area contributed by atoms with E-state index in [9.17, 15) is 4.79 Å². The Balaban J connectivity index is 1.44. The molecule has 0 amide bonds. The summed E-state index contributed by atoms with van der Waals surface area (Å²) in [6.45, 7) is 0.163. The van der Waals surface area contributed by atoms with Gasteiger partial charge in [-0.15, -0.1) is 11.3 Å². The van der Waals surface area contributed by atoms with Crippen LogP contribution in [-0.2, 0) is 11.3 Å². The molecule has 0 radical (unpaired) electrons. The summed E-state index contributed by atoms with van der Waals surface area (Å²) in [6, 6.07) is 21.8. The normalized spacial score (nSPS) is 11.0. The maximum Gasteiger partial charge on any atom is 0.359 e. The van der Waals surface area contributed by atoms with Gasteiger partial charge in [-0.1, -0.05) is 54.6 Å². The minimum Gasteiger partial charge on any atom is -0.456 e. The van der Waals surface area contributed by atoms with Gasteiger partial charge in [0.1, 0.15) is 17.3 Å². The molecule has 5 rings (SSSR count). The molecule has 6 heteroatoms. The number of fused-ring (bicyclic) bond motifs is 2. The van der Waals surface area contributed by atoms with Crippen molar-refractivity contribution in [2.24, 2.45) is 0 Å². The number of para-hydroxylation sites is 1. The fourth-order valence-corrected chi connectivity index (χ4v) is 4.21. The monoisotopic (exact) mass is 397 g/mol. The average molecular weight is 397 g/mol. The first-order chi connectivity index (χ1) is 14.3. The number of hydrogen-bond acceptors (Lipinski definition) is 6. The third kappa shape index (κ3) is 3.34. The first-order valence-corrected chi connectivity index (χ1v) is 9.92. The number of nitrogens with zero attached hydrogens (tertiary/aromatic N) is 3. The van der Waals surface area contributed by atoms with Crippen molar-refractivity contribution in [2.75, 3.05) is 0 Å². The Morgan fingerprint density at radius 2 is 1.69 bits per heavy atom. The summed E-state index contributed by atoms with van der Waals surface area (Å²) in [5.74, 6) is -0.514. The van der Waals surface area contributed by atoms with Crippen LogP contribution >= 0.6 is 11.3 Å². The fraction of sp³-hybridized carbons (Fsp3) is 0.0435. The molecule has 0 N–H and O–H groups in total. The van der Waals surface area contributed by atoms with Gasteiger partial charge in [0, 0.05) is 12.4 Å². The smallest absolute Gasteiger partial charge is 0.359 e. The Morgan fingerprint density at radius 1 is 0.897 bits per heavy atom. The number of carbonyl (C=O) groups is 1. The van der Waals surface area contributed by atoms with Gasteiger partial charge >= 0.3 is 5.97 Å². The standard InChI is InChI=1S/C23H15N3O2S/c27-23(28-14-16-8-5-7-15-6-1-2-9-17(15)16)21-20(24-12-13-25-21)22-26-18-10-3-4-11-19(18)29-22/h1-13H,14H2. The molecular formula is C23H15N3O2S. The Labute approximate surface area is 170 Å². The van der Waals surface area contributed by atoms with E-state index in [0.29, 0.717) is 10.7 Å². The lowest BCUT2D eigenvalue weighted by Crippen LogP contribution is -2.10. The molecule has 0 saturated heterocycles. The Bertz CT molecular complexity index is 1310. The summed E-state index contributed by atoms with van der Waals surface area (Å²) in [7, 11) is 0. The molecule has 5 aromatic rings. The highest BCUT2D eigenvalue weighted by molar-refractivity contribution is 7.21. The Morgan fingerprint density at radius 3 is 2.62 bits per heavy atom. The minimum atomic E-state index is -0.514. The van der Waals surface area contributed by atoms with E-state index in [1.165, 1.54) is 17.5 Å². The van der Waals surface area contributed by atoms with Crippen molar-refractivity contribution in [3.8, 4) is 10.7 Å². The molecule has 3 aromatic carbocycles. The number of hydrogen-bond donors (Lipinski definition) is 0. The molecule has 2 heterocycles. The predicted octanol–water partition coefficient (Wildman–Crippen LogP) is 5.26. The van der Waals surface area contributed by atoms with Crippen LogP contribution in [0.25, 0.3) is 31.7 Å². The van der Waals surface area contributed by atoms with Crippen molar-refractivity contribution in [1.29, 1.82) is 0 Å². The lowest BCUT2D eigenvalue weighted by atomic mass is 10.1. The zero-order valence-electron chi connectivity index (χ0n) is 15.3. The second-order valence-electron chi connectivity index (χ2n) is 6.45. The van der Waals surface area contributed by atoms with Crippen LogP contribution < -0.4 is 0 Å². The molecule has 0 aliphatic heterocycles. The zero-order valence-corrected chi connectivity index (χ0v) is 16.1. The molecule has 0 unspecified atom stereocenters. The summed E-state index contributed by atoms with van der Waals surface area (Å²) in [6.07, 6.45) is 3.05. The van der Waals surface area contributed by atoms with Crippen LogP contribution in [0, 0.1) is 0 Å². The number of rotatable bonds is 4. The highest BCUT2D eigenvalue weighted by Gasteiger charge is 2.20. The van der Waals surface area contributed by atoms with Gasteiger partial charge in [0.05, 0.1) is 10.2 Å². The molecule has 140 valence electrons. The van der Waals surface area contributed by atoms with Gasteiger partial charge in [0.15, 0.2) is 5.69 Å². The molecule has 0 atom stereocenters. The van der Waals surface area contributed by atoms with E-state index in [0.717, 1.165) is 26.6 Å². The number of thiazole rings is 1. The maximum atomic E-state index is 12.8. The molecule has 0 saturated carbocycles. The summed E-state index contributed by atoms with van der Waals surface area (Å²) < 4.78 is 6.62. The summed E-state index contributed by atoms with van der Waals surface area (Å²) in [5, 5.41) is 2.82. The zero-order chi connectivity index (χ0) is 19.6. The second kappa shape index (κ2) is 7.41. The Kier molecular flexibility index (Phi) is 4.46. The molecule has 0 aliphatic rings. The lowest BCUT2D eigenvalue weighted by Gasteiger charge is -2.09. The van der Waals surface area contributed by atoms with E-state index in [1.54, 1.807) is 6.20 Å². The first kappa shape index (κ1) is 17.5. The quantitative estimate of drug-likeness (QED) is 0.387. The topological polar surface area (TPSA) is 65.0 Å². The van der Waals surface area contributed by atoms with Crippen LogP contribution in [0.5, 0.6) is 0 Å². The third-order valence-electron chi connectivity index (χ3n) is 4.63.